The first kappa shape index (κ1) is 21.3. The number of sulfonamides is 1. The summed E-state index contributed by atoms with van der Waals surface area (Å²) < 4.78 is 73.6. The lowest BCUT2D eigenvalue weighted by Gasteiger charge is -2.30. The lowest BCUT2D eigenvalue weighted by Crippen LogP contribution is -2.35. The molecule has 2 aromatic rings. The highest BCUT2D eigenvalue weighted by Crippen LogP contribution is 2.44. The van der Waals surface area contributed by atoms with Gasteiger partial charge in [-0.05, 0) is 37.1 Å². The van der Waals surface area contributed by atoms with Gasteiger partial charge in [0, 0.05) is 13.1 Å². The Morgan fingerprint density at radius 1 is 1.00 bits per heavy atom. The number of hydrogen-bond acceptors (Lipinski definition) is 5. The monoisotopic (exact) mass is 429 g/mol. The third kappa shape index (κ3) is 4.94. The van der Waals surface area contributed by atoms with Gasteiger partial charge in [0.05, 0.1) is 23.3 Å². The SMILES string of the molecule is COc1c(NS(=O)(=O)c2ccccc2)ccc(C(F)(F)F)c1NN1CCCCC1. The van der Waals surface area contributed by atoms with Crippen molar-refractivity contribution in [1.82, 2.24) is 5.01 Å². The van der Waals surface area contributed by atoms with Crippen LogP contribution in [-0.2, 0) is 16.2 Å². The average molecular weight is 429 g/mol. The fourth-order valence-electron chi connectivity index (χ4n) is 3.19. The van der Waals surface area contributed by atoms with Gasteiger partial charge in [0.2, 0.25) is 0 Å². The lowest BCUT2D eigenvalue weighted by molar-refractivity contribution is -0.137. The molecule has 2 N–H and O–H groups in total. The lowest BCUT2D eigenvalue weighted by atomic mass is 10.1. The molecule has 0 bridgehead atoms. The molecule has 158 valence electrons. The minimum atomic E-state index is -4.64. The number of methoxy groups -OCH3 is 1. The average Bonchev–Trinajstić information content (AvgIpc) is 2.68. The normalized spacial score (nSPS) is 15.7. The Kier molecular flexibility index (Phi) is 6.23. The largest absolute Gasteiger partial charge is 0.492 e. The van der Waals surface area contributed by atoms with E-state index in [4.69, 9.17) is 4.74 Å². The molecule has 0 atom stereocenters. The third-order valence-corrected chi connectivity index (χ3v) is 5.97. The molecular weight excluding hydrogens is 407 g/mol. The van der Waals surface area contributed by atoms with Crippen LogP contribution in [0.5, 0.6) is 5.75 Å². The summed E-state index contributed by atoms with van der Waals surface area (Å²) in [7, 11) is -2.79. The van der Waals surface area contributed by atoms with Gasteiger partial charge in [-0.1, -0.05) is 24.6 Å². The highest BCUT2D eigenvalue weighted by molar-refractivity contribution is 7.92. The maximum atomic E-state index is 13.6. The van der Waals surface area contributed by atoms with E-state index in [0.29, 0.717) is 13.1 Å². The maximum Gasteiger partial charge on any atom is 0.418 e. The van der Waals surface area contributed by atoms with E-state index in [1.54, 1.807) is 23.2 Å². The number of hydrazine groups is 1. The molecule has 0 aliphatic carbocycles. The first-order valence-electron chi connectivity index (χ1n) is 9.10. The van der Waals surface area contributed by atoms with E-state index in [0.717, 1.165) is 31.4 Å². The van der Waals surface area contributed by atoms with E-state index in [1.807, 2.05) is 0 Å². The van der Waals surface area contributed by atoms with Crippen LogP contribution in [0.15, 0.2) is 47.4 Å². The Labute approximate surface area is 167 Å². The summed E-state index contributed by atoms with van der Waals surface area (Å²) >= 11 is 0. The molecule has 1 aliphatic heterocycles. The number of alkyl halides is 3. The van der Waals surface area contributed by atoms with Gasteiger partial charge in [0.25, 0.3) is 10.0 Å². The topological polar surface area (TPSA) is 70.7 Å². The van der Waals surface area contributed by atoms with Gasteiger partial charge in [0.1, 0.15) is 5.69 Å². The van der Waals surface area contributed by atoms with E-state index in [2.05, 4.69) is 10.1 Å². The molecule has 6 nitrogen and oxygen atoms in total. The quantitative estimate of drug-likeness (QED) is 0.715. The molecule has 0 radical (unpaired) electrons. The van der Waals surface area contributed by atoms with Crippen molar-refractivity contribution in [3.63, 3.8) is 0 Å². The van der Waals surface area contributed by atoms with Crippen LogP contribution in [-0.4, -0.2) is 33.6 Å². The van der Waals surface area contributed by atoms with E-state index in [9.17, 15) is 21.6 Å². The standard InChI is InChI=1S/C19H22F3N3O3S/c1-28-18-16(24-29(26,27)14-8-4-2-5-9-14)11-10-15(19(20,21)22)17(18)23-25-12-6-3-7-13-25/h2,4-5,8-11,23-24H,3,6-7,12-13H2,1H3. The van der Waals surface area contributed by atoms with Gasteiger partial charge in [-0.2, -0.15) is 13.2 Å². The van der Waals surface area contributed by atoms with Crippen molar-refractivity contribution in [1.29, 1.82) is 0 Å². The Balaban J connectivity index is 2.03. The van der Waals surface area contributed by atoms with E-state index in [1.165, 1.54) is 19.2 Å². The second-order valence-corrected chi connectivity index (χ2v) is 8.33. The molecule has 1 heterocycles. The van der Waals surface area contributed by atoms with Crippen molar-refractivity contribution < 1.29 is 26.3 Å². The number of halogens is 3. The number of benzene rings is 2. The molecule has 0 amide bonds. The van der Waals surface area contributed by atoms with Crippen LogP contribution < -0.4 is 14.9 Å². The van der Waals surface area contributed by atoms with Crippen molar-refractivity contribution in [2.75, 3.05) is 30.3 Å². The molecule has 29 heavy (non-hydrogen) atoms. The molecule has 3 rings (SSSR count). The van der Waals surface area contributed by atoms with Crippen LogP contribution in [0.3, 0.4) is 0 Å². The van der Waals surface area contributed by atoms with Crippen LogP contribution in [0.25, 0.3) is 0 Å². The fourth-order valence-corrected chi connectivity index (χ4v) is 4.27. The van der Waals surface area contributed by atoms with Crippen molar-refractivity contribution in [2.45, 2.75) is 30.3 Å². The summed E-state index contributed by atoms with van der Waals surface area (Å²) in [4.78, 5) is -0.00695. The Hall–Kier alpha value is -2.46. The first-order chi connectivity index (χ1) is 13.7. The number of hydrogen-bond donors (Lipinski definition) is 2. The van der Waals surface area contributed by atoms with Gasteiger partial charge < -0.3 is 10.2 Å². The van der Waals surface area contributed by atoms with Crippen LogP contribution in [0.4, 0.5) is 24.5 Å². The van der Waals surface area contributed by atoms with Gasteiger partial charge in [-0.3, -0.25) is 4.72 Å². The maximum absolute atomic E-state index is 13.6. The predicted octanol–water partition coefficient (Wildman–Crippen LogP) is 4.33. The molecule has 10 heteroatoms. The molecular formula is C19H22F3N3O3S. The van der Waals surface area contributed by atoms with E-state index < -0.39 is 21.8 Å². The number of anilines is 2. The van der Waals surface area contributed by atoms with Crippen molar-refractivity contribution in [2.24, 2.45) is 0 Å². The number of rotatable bonds is 6. The smallest absolute Gasteiger partial charge is 0.418 e. The zero-order chi connectivity index (χ0) is 21.1. The van der Waals surface area contributed by atoms with Crippen LogP contribution in [0.2, 0.25) is 0 Å². The van der Waals surface area contributed by atoms with Gasteiger partial charge in [-0.15, -0.1) is 0 Å². The Bertz CT molecular complexity index is 944. The zero-order valence-corrected chi connectivity index (χ0v) is 16.6. The molecule has 0 aromatic heterocycles. The third-order valence-electron chi connectivity index (χ3n) is 4.59. The molecule has 2 aromatic carbocycles. The highest BCUT2D eigenvalue weighted by Gasteiger charge is 2.37. The number of nitrogens with zero attached hydrogens (tertiary/aromatic N) is 1. The van der Waals surface area contributed by atoms with Crippen LogP contribution >= 0.6 is 0 Å². The predicted molar refractivity (Wildman–Crippen MR) is 104 cm³/mol. The molecule has 0 spiro atoms. The molecule has 0 unspecified atom stereocenters. The first-order valence-corrected chi connectivity index (χ1v) is 10.6. The minimum absolute atomic E-state index is 0.00695. The van der Waals surface area contributed by atoms with Crippen LogP contribution in [0, 0.1) is 0 Å². The Morgan fingerprint density at radius 2 is 1.66 bits per heavy atom. The van der Waals surface area contributed by atoms with Crippen molar-refractivity contribution >= 4 is 21.4 Å². The molecule has 0 saturated carbocycles. The number of nitrogens with one attached hydrogen (secondary N) is 2. The zero-order valence-electron chi connectivity index (χ0n) is 15.8. The summed E-state index contributed by atoms with van der Waals surface area (Å²) in [6.07, 6.45) is -1.91. The van der Waals surface area contributed by atoms with Crippen molar-refractivity contribution in [3.05, 3.63) is 48.0 Å². The van der Waals surface area contributed by atoms with E-state index in [-0.39, 0.29) is 22.0 Å². The Morgan fingerprint density at radius 3 is 2.24 bits per heavy atom. The fraction of sp³-hybridized carbons (Fsp3) is 0.368. The van der Waals surface area contributed by atoms with Crippen LogP contribution in [0.1, 0.15) is 24.8 Å². The molecule has 1 saturated heterocycles. The summed E-state index contributed by atoms with van der Waals surface area (Å²) in [6.45, 7) is 1.17. The summed E-state index contributed by atoms with van der Waals surface area (Å²) in [5, 5.41) is 1.69. The summed E-state index contributed by atoms with van der Waals surface area (Å²) in [5.74, 6) is -0.218. The number of piperidine rings is 1. The second kappa shape index (κ2) is 8.50. The number of ether oxygens (including phenoxy) is 1. The van der Waals surface area contributed by atoms with Gasteiger partial charge in [0.15, 0.2) is 5.75 Å². The second-order valence-electron chi connectivity index (χ2n) is 6.64. The highest BCUT2D eigenvalue weighted by atomic mass is 32.2. The summed E-state index contributed by atoms with van der Waals surface area (Å²) in [6, 6.07) is 9.47. The molecule has 1 fully saturated rings. The minimum Gasteiger partial charge on any atom is -0.492 e. The van der Waals surface area contributed by atoms with Gasteiger partial charge in [-0.25, -0.2) is 13.4 Å². The van der Waals surface area contributed by atoms with Crippen molar-refractivity contribution in [3.8, 4) is 5.75 Å². The molecule has 1 aliphatic rings. The van der Waals surface area contributed by atoms with E-state index >= 15 is 0 Å². The summed E-state index contributed by atoms with van der Waals surface area (Å²) in [5.41, 5.74) is 1.48. The van der Waals surface area contributed by atoms with Gasteiger partial charge >= 0.3 is 6.18 Å².